The third-order valence-corrected chi connectivity index (χ3v) is 4.53. The summed E-state index contributed by atoms with van der Waals surface area (Å²) in [6, 6.07) is 10.1. The topological polar surface area (TPSA) is 97.8 Å². The standard InChI is InChI=1S/C19H19F2N7/c20-7-9-27-16(23)11-15(22)25-19(27)18-14-6-3-8-24-28(14)17(26-18)10-12-4-1-2-5-13(12)21/h1-6,8,11,16H,7,9-10,22-23H2. The van der Waals surface area contributed by atoms with E-state index in [-0.39, 0.29) is 24.6 Å². The van der Waals surface area contributed by atoms with Crippen molar-refractivity contribution in [1.29, 1.82) is 0 Å². The van der Waals surface area contributed by atoms with Crippen LogP contribution in [0.4, 0.5) is 8.78 Å². The molecular formula is C19H19F2N7. The monoisotopic (exact) mass is 383 g/mol. The minimum absolute atomic E-state index is 0.0473. The maximum atomic E-state index is 14.1. The molecule has 7 nitrogen and oxygen atoms in total. The van der Waals surface area contributed by atoms with Crippen molar-refractivity contribution in [3.8, 4) is 0 Å². The number of amidine groups is 1. The summed E-state index contributed by atoms with van der Waals surface area (Å²) in [4.78, 5) is 10.6. The van der Waals surface area contributed by atoms with Gasteiger partial charge < -0.3 is 16.4 Å². The van der Waals surface area contributed by atoms with Crippen LogP contribution in [0.5, 0.6) is 0 Å². The highest BCUT2D eigenvalue weighted by atomic mass is 19.1. The van der Waals surface area contributed by atoms with Crippen LogP contribution in [-0.4, -0.2) is 44.7 Å². The molecule has 0 fully saturated rings. The molecule has 4 rings (SSSR count). The van der Waals surface area contributed by atoms with Gasteiger partial charge in [0.1, 0.15) is 36.0 Å². The zero-order chi connectivity index (χ0) is 19.7. The summed E-state index contributed by atoms with van der Waals surface area (Å²) >= 11 is 0. The van der Waals surface area contributed by atoms with Crippen molar-refractivity contribution in [3.63, 3.8) is 0 Å². The minimum Gasteiger partial charge on any atom is -0.384 e. The number of benzene rings is 1. The van der Waals surface area contributed by atoms with Crippen molar-refractivity contribution in [2.75, 3.05) is 13.2 Å². The number of nitrogens with two attached hydrogens (primary N) is 2. The van der Waals surface area contributed by atoms with Crippen molar-refractivity contribution in [1.82, 2.24) is 19.5 Å². The van der Waals surface area contributed by atoms with Gasteiger partial charge in [-0.25, -0.2) is 23.3 Å². The Kier molecular flexibility index (Phi) is 4.74. The summed E-state index contributed by atoms with van der Waals surface area (Å²) < 4.78 is 28.9. The summed E-state index contributed by atoms with van der Waals surface area (Å²) in [5.41, 5.74) is 13.6. The van der Waals surface area contributed by atoms with Crippen LogP contribution in [-0.2, 0) is 6.42 Å². The predicted octanol–water partition coefficient (Wildman–Crippen LogP) is 1.58. The summed E-state index contributed by atoms with van der Waals surface area (Å²) in [6.07, 6.45) is 2.78. The molecule has 1 aliphatic heterocycles. The highest BCUT2D eigenvalue weighted by Crippen LogP contribution is 2.21. The first kappa shape index (κ1) is 18.1. The lowest BCUT2D eigenvalue weighted by molar-refractivity contribution is 0.314. The number of rotatable bonds is 5. The summed E-state index contributed by atoms with van der Waals surface area (Å²) in [5, 5.41) is 4.34. The molecule has 0 aliphatic carbocycles. The first-order chi connectivity index (χ1) is 13.6. The molecule has 3 aromatic rings. The van der Waals surface area contributed by atoms with Crippen molar-refractivity contribution in [2.45, 2.75) is 12.6 Å². The number of imidazole rings is 1. The lowest BCUT2D eigenvalue weighted by Gasteiger charge is -2.31. The Hall–Kier alpha value is -3.33. The van der Waals surface area contributed by atoms with E-state index < -0.39 is 12.8 Å². The second-order valence-corrected chi connectivity index (χ2v) is 6.37. The van der Waals surface area contributed by atoms with Gasteiger partial charge in [-0.3, -0.25) is 0 Å². The SMILES string of the molecule is NC1=CC(N)N(CCF)C(c2nc(Cc3ccccc3F)n3ncccc23)=N1. The van der Waals surface area contributed by atoms with Gasteiger partial charge in [0, 0.05) is 19.2 Å². The van der Waals surface area contributed by atoms with E-state index in [2.05, 4.69) is 15.1 Å². The van der Waals surface area contributed by atoms with Gasteiger partial charge in [0.15, 0.2) is 5.84 Å². The summed E-state index contributed by atoms with van der Waals surface area (Å²) in [5.74, 6) is 0.814. The number of halogens is 2. The van der Waals surface area contributed by atoms with E-state index >= 15 is 0 Å². The van der Waals surface area contributed by atoms with Crippen molar-refractivity contribution < 1.29 is 8.78 Å². The molecule has 1 aliphatic rings. The highest BCUT2D eigenvalue weighted by molar-refractivity contribution is 6.04. The van der Waals surface area contributed by atoms with Gasteiger partial charge in [0.25, 0.3) is 0 Å². The number of aliphatic imine (C=N–C) groups is 1. The molecule has 0 spiro atoms. The Morgan fingerprint density at radius 2 is 1.96 bits per heavy atom. The molecular weight excluding hydrogens is 364 g/mol. The molecule has 28 heavy (non-hydrogen) atoms. The number of alkyl halides is 1. The van der Waals surface area contributed by atoms with Gasteiger partial charge >= 0.3 is 0 Å². The van der Waals surface area contributed by atoms with Crippen LogP contribution in [0.15, 0.2) is 59.5 Å². The van der Waals surface area contributed by atoms with E-state index in [4.69, 9.17) is 11.5 Å². The maximum absolute atomic E-state index is 14.1. The second kappa shape index (κ2) is 7.35. The number of hydrogen-bond donors (Lipinski definition) is 2. The van der Waals surface area contributed by atoms with Crippen molar-refractivity contribution >= 4 is 11.4 Å². The van der Waals surface area contributed by atoms with E-state index in [0.717, 1.165) is 0 Å². The minimum atomic E-state index is -0.619. The lowest BCUT2D eigenvalue weighted by atomic mass is 10.1. The fourth-order valence-corrected chi connectivity index (χ4v) is 3.25. The third kappa shape index (κ3) is 3.20. The third-order valence-electron chi connectivity index (χ3n) is 4.53. The molecule has 1 aromatic carbocycles. The van der Waals surface area contributed by atoms with Gasteiger partial charge in [0.2, 0.25) is 0 Å². The number of aromatic nitrogens is 3. The Morgan fingerprint density at radius 1 is 1.14 bits per heavy atom. The van der Waals surface area contributed by atoms with Gasteiger partial charge in [-0.1, -0.05) is 18.2 Å². The quantitative estimate of drug-likeness (QED) is 0.697. The van der Waals surface area contributed by atoms with Crippen LogP contribution < -0.4 is 11.5 Å². The van der Waals surface area contributed by atoms with E-state index in [1.165, 1.54) is 6.07 Å². The average Bonchev–Trinajstić information content (AvgIpc) is 3.04. The molecule has 0 saturated carbocycles. The Labute approximate surface area is 160 Å². The molecule has 0 saturated heterocycles. The highest BCUT2D eigenvalue weighted by Gasteiger charge is 2.27. The van der Waals surface area contributed by atoms with Crippen LogP contribution in [0.2, 0.25) is 0 Å². The first-order valence-electron chi connectivity index (χ1n) is 8.79. The van der Waals surface area contributed by atoms with E-state index in [9.17, 15) is 8.78 Å². The lowest BCUT2D eigenvalue weighted by Crippen LogP contribution is -2.48. The molecule has 1 unspecified atom stereocenters. The zero-order valence-corrected chi connectivity index (χ0v) is 15.0. The zero-order valence-electron chi connectivity index (χ0n) is 15.0. The van der Waals surface area contributed by atoms with E-state index in [1.807, 2.05) is 6.07 Å². The van der Waals surface area contributed by atoms with Gasteiger partial charge in [-0.05, 0) is 29.8 Å². The Balaban J connectivity index is 1.84. The fourth-order valence-electron chi connectivity index (χ4n) is 3.25. The molecule has 0 amide bonds. The number of hydrogen-bond acceptors (Lipinski definition) is 6. The molecule has 2 aromatic heterocycles. The van der Waals surface area contributed by atoms with Crippen LogP contribution >= 0.6 is 0 Å². The van der Waals surface area contributed by atoms with E-state index in [0.29, 0.717) is 28.4 Å². The van der Waals surface area contributed by atoms with Gasteiger partial charge in [-0.15, -0.1) is 0 Å². The fraction of sp³-hybridized carbons (Fsp3) is 0.211. The normalized spacial score (nSPS) is 17.0. The van der Waals surface area contributed by atoms with Crippen LogP contribution in [0, 0.1) is 5.82 Å². The number of fused-ring (bicyclic) bond motifs is 1. The summed E-state index contributed by atoms with van der Waals surface area (Å²) in [7, 11) is 0. The Bertz CT molecular complexity index is 1070. The predicted molar refractivity (Wildman–Crippen MR) is 102 cm³/mol. The smallest absolute Gasteiger partial charge is 0.160 e. The maximum Gasteiger partial charge on any atom is 0.160 e. The van der Waals surface area contributed by atoms with Crippen LogP contribution in [0.1, 0.15) is 17.1 Å². The average molecular weight is 383 g/mol. The summed E-state index contributed by atoms with van der Waals surface area (Å²) in [6.45, 7) is -0.557. The van der Waals surface area contributed by atoms with Crippen LogP contribution in [0.3, 0.4) is 0 Å². The van der Waals surface area contributed by atoms with Crippen molar-refractivity contribution in [2.24, 2.45) is 16.5 Å². The molecule has 9 heteroatoms. The van der Waals surface area contributed by atoms with Gasteiger partial charge in [0.05, 0.1) is 5.52 Å². The van der Waals surface area contributed by atoms with E-state index in [1.54, 1.807) is 46.0 Å². The molecule has 1 atom stereocenters. The molecule has 3 heterocycles. The van der Waals surface area contributed by atoms with Crippen molar-refractivity contribution in [3.05, 3.63) is 77.4 Å². The largest absolute Gasteiger partial charge is 0.384 e. The number of nitrogens with zero attached hydrogens (tertiary/aromatic N) is 5. The Morgan fingerprint density at radius 3 is 2.75 bits per heavy atom. The molecule has 144 valence electrons. The van der Waals surface area contributed by atoms with Crippen LogP contribution in [0.25, 0.3) is 5.52 Å². The molecule has 0 radical (unpaired) electrons. The molecule has 4 N–H and O–H groups in total. The second-order valence-electron chi connectivity index (χ2n) is 6.37. The van der Waals surface area contributed by atoms with Gasteiger partial charge in [-0.2, -0.15) is 5.10 Å². The first-order valence-corrected chi connectivity index (χ1v) is 8.79. The molecule has 0 bridgehead atoms.